The average Bonchev–Trinajstić information content (AvgIpc) is 3.46. The maximum absolute atomic E-state index is 4.90. The Morgan fingerprint density at radius 1 is 0.879 bits per heavy atom. The molecule has 0 radical (unpaired) electrons. The van der Waals surface area contributed by atoms with E-state index in [0.29, 0.717) is 5.92 Å². The molecule has 0 aromatic carbocycles. The Morgan fingerprint density at radius 3 is 2.58 bits per heavy atom. The highest BCUT2D eigenvalue weighted by atomic mass is 15.1. The predicted octanol–water partition coefficient (Wildman–Crippen LogP) is 4.84. The molecule has 5 aromatic rings. The van der Waals surface area contributed by atoms with Crippen molar-refractivity contribution in [3.8, 4) is 0 Å². The largest absolute Gasteiger partial charge is 0.276 e. The fraction of sp³-hybridized carbons (Fsp3) is 0.360. The monoisotopic (exact) mass is 440 g/mol. The molecule has 0 saturated carbocycles. The van der Waals surface area contributed by atoms with Crippen LogP contribution in [0.5, 0.6) is 0 Å². The lowest BCUT2D eigenvalue weighted by Gasteiger charge is -2.14. The average molecular weight is 441 g/mol. The summed E-state index contributed by atoms with van der Waals surface area (Å²) in [7, 11) is 0. The van der Waals surface area contributed by atoms with Crippen LogP contribution in [0.4, 0.5) is 0 Å². The first-order chi connectivity index (χ1) is 16.0. The highest BCUT2D eigenvalue weighted by Crippen LogP contribution is 2.27. The number of nitrogens with one attached hydrogen (secondary N) is 2. The fourth-order valence-corrected chi connectivity index (χ4v) is 4.29. The van der Waals surface area contributed by atoms with E-state index in [1.165, 1.54) is 5.56 Å². The zero-order valence-corrected chi connectivity index (χ0v) is 19.4. The number of nitrogens with zero attached hydrogens (tertiary/aromatic N) is 6. The Kier molecular flexibility index (Phi) is 5.58. The van der Waals surface area contributed by atoms with Gasteiger partial charge in [-0.05, 0) is 42.5 Å². The minimum atomic E-state index is 0.164. The first-order valence-electron chi connectivity index (χ1n) is 11.4. The van der Waals surface area contributed by atoms with Crippen LogP contribution in [0.1, 0.15) is 73.9 Å². The van der Waals surface area contributed by atoms with Gasteiger partial charge in [-0.15, -0.1) is 0 Å². The van der Waals surface area contributed by atoms with E-state index in [4.69, 9.17) is 4.98 Å². The van der Waals surface area contributed by atoms with Gasteiger partial charge in [0, 0.05) is 41.0 Å². The molecule has 8 nitrogen and oxygen atoms in total. The van der Waals surface area contributed by atoms with Crippen molar-refractivity contribution in [3.63, 3.8) is 0 Å². The van der Waals surface area contributed by atoms with Crippen LogP contribution >= 0.6 is 0 Å². The summed E-state index contributed by atoms with van der Waals surface area (Å²) in [5.74, 6) is 1.58. The zero-order chi connectivity index (χ0) is 22.9. The standard InChI is InChI=1S/C25H28N8/c1-14(2)22-24-23(33-32-22)17(5-7-26-24)9-16(4)25-27-8-6-19(30-25)10-15(3)20-11-18-12-29-31-21(18)13-28-20/h5-8,11-16H,9-10H2,1-4H3,(H,29,31)(H,32,33). The number of fused-ring (bicyclic) bond motifs is 2. The molecule has 5 aromatic heterocycles. The van der Waals surface area contributed by atoms with Crippen LogP contribution in [0, 0.1) is 0 Å². The number of aromatic amines is 2. The Bertz CT molecular complexity index is 1400. The van der Waals surface area contributed by atoms with Gasteiger partial charge in [0.15, 0.2) is 0 Å². The fourth-order valence-electron chi connectivity index (χ4n) is 4.29. The van der Waals surface area contributed by atoms with Crippen molar-refractivity contribution in [1.82, 2.24) is 40.3 Å². The van der Waals surface area contributed by atoms with Crippen molar-refractivity contribution in [2.45, 2.75) is 58.3 Å². The lowest BCUT2D eigenvalue weighted by Crippen LogP contribution is -2.09. The van der Waals surface area contributed by atoms with Crippen molar-refractivity contribution >= 4 is 21.9 Å². The summed E-state index contributed by atoms with van der Waals surface area (Å²) in [5.41, 5.74) is 7.18. The summed E-state index contributed by atoms with van der Waals surface area (Å²) in [6.07, 6.45) is 9.03. The number of hydrogen-bond acceptors (Lipinski definition) is 6. The van der Waals surface area contributed by atoms with Crippen molar-refractivity contribution < 1.29 is 0 Å². The molecular formula is C25H28N8. The minimum absolute atomic E-state index is 0.164. The number of hydrogen-bond donors (Lipinski definition) is 2. The van der Waals surface area contributed by atoms with Crippen LogP contribution in [-0.2, 0) is 12.8 Å². The van der Waals surface area contributed by atoms with Gasteiger partial charge in [-0.3, -0.25) is 20.2 Å². The van der Waals surface area contributed by atoms with E-state index in [2.05, 4.69) is 75.2 Å². The molecule has 2 unspecified atom stereocenters. The van der Waals surface area contributed by atoms with E-state index < -0.39 is 0 Å². The second kappa shape index (κ2) is 8.69. The van der Waals surface area contributed by atoms with Gasteiger partial charge >= 0.3 is 0 Å². The topological polar surface area (TPSA) is 109 Å². The minimum Gasteiger partial charge on any atom is -0.276 e. The Labute approximate surface area is 192 Å². The molecule has 0 aliphatic carbocycles. The number of H-pyrrole nitrogens is 2. The van der Waals surface area contributed by atoms with E-state index in [0.717, 1.165) is 57.7 Å². The quantitative estimate of drug-likeness (QED) is 0.375. The molecule has 0 bridgehead atoms. The van der Waals surface area contributed by atoms with Gasteiger partial charge in [-0.1, -0.05) is 27.7 Å². The lowest BCUT2D eigenvalue weighted by molar-refractivity contribution is 0.667. The summed E-state index contributed by atoms with van der Waals surface area (Å²) >= 11 is 0. The van der Waals surface area contributed by atoms with Crippen LogP contribution in [0.25, 0.3) is 21.9 Å². The van der Waals surface area contributed by atoms with Crippen LogP contribution in [-0.4, -0.2) is 40.3 Å². The van der Waals surface area contributed by atoms with E-state index in [1.54, 1.807) is 0 Å². The van der Waals surface area contributed by atoms with E-state index in [-0.39, 0.29) is 11.8 Å². The smallest absolute Gasteiger partial charge is 0.131 e. The van der Waals surface area contributed by atoms with Gasteiger partial charge in [-0.2, -0.15) is 10.2 Å². The normalized spacial score (nSPS) is 13.7. The molecule has 2 N–H and O–H groups in total. The van der Waals surface area contributed by atoms with E-state index in [9.17, 15) is 0 Å². The van der Waals surface area contributed by atoms with Gasteiger partial charge in [0.2, 0.25) is 0 Å². The highest BCUT2D eigenvalue weighted by molar-refractivity contribution is 5.80. The molecule has 8 heteroatoms. The molecule has 0 fully saturated rings. The Balaban J connectivity index is 1.34. The molecule has 5 rings (SSSR count). The molecule has 0 amide bonds. The van der Waals surface area contributed by atoms with Gasteiger partial charge in [0.05, 0.1) is 29.1 Å². The van der Waals surface area contributed by atoms with E-state index >= 15 is 0 Å². The first kappa shape index (κ1) is 21.2. The molecule has 5 heterocycles. The number of aromatic nitrogens is 8. The van der Waals surface area contributed by atoms with Gasteiger partial charge in [0.25, 0.3) is 0 Å². The third-order valence-corrected chi connectivity index (χ3v) is 6.18. The maximum Gasteiger partial charge on any atom is 0.131 e. The number of rotatable bonds is 7. The molecule has 33 heavy (non-hydrogen) atoms. The molecular weight excluding hydrogens is 412 g/mol. The SMILES string of the molecule is CC(C)c1n[nH]c2c(CC(C)c3nccc(CC(C)c4cc5cn[nH]c5cn4)n3)ccnc12. The summed E-state index contributed by atoms with van der Waals surface area (Å²) in [6, 6.07) is 6.15. The highest BCUT2D eigenvalue weighted by Gasteiger charge is 2.18. The second-order valence-electron chi connectivity index (χ2n) is 9.14. The molecule has 2 atom stereocenters. The molecule has 168 valence electrons. The van der Waals surface area contributed by atoms with Crippen LogP contribution < -0.4 is 0 Å². The first-order valence-corrected chi connectivity index (χ1v) is 11.4. The molecule has 0 saturated heterocycles. The second-order valence-corrected chi connectivity index (χ2v) is 9.14. The van der Waals surface area contributed by atoms with Crippen LogP contribution in [0.15, 0.2) is 43.0 Å². The van der Waals surface area contributed by atoms with Crippen molar-refractivity contribution in [1.29, 1.82) is 0 Å². The van der Waals surface area contributed by atoms with Gasteiger partial charge < -0.3 is 0 Å². The lowest BCUT2D eigenvalue weighted by atomic mass is 9.98. The summed E-state index contributed by atoms with van der Waals surface area (Å²) in [5, 5.41) is 15.8. The van der Waals surface area contributed by atoms with Crippen LogP contribution in [0.2, 0.25) is 0 Å². The van der Waals surface area contributed by atoms with Crippen molar-refractivity contribution in [2.75, 3.05) is 0 Å². The van der Waals surface area contributed by atoms with Crippen molar-refractivity contribution in [2.24, 2.45) is 0 Å². The third kappa shape index (κ3) is 4.20. The number of pyridine rings is 2. The Hall–Kier alpha value is -3.68. The summed E-state index contributed by atoms with van der Waals surface area (Å²) in [4.78, 5) is 18.6. The Morgan fingerprint density at radius 2 is 1.73 bits per heavy atom. The van der Waals surface area contributed by atoms with Crippen molar-refractivity contribution in [3.05, 3.63) is 71.5 Å². The third-order valence-electron chi connectivity index (χ3n) is 6.18. The molecule has 0 aliphatic heterocycles. The van der Waals surface area contributed by atoms with Gasteiger partial charge in [0.1, 0.15) is 11.3 Å². The summed E-state index contributed by atoms with van der Waals surface area (Å²) in [6.45, 7) is 8.62. The zero-order valence-electron chi connectivity index (χ0n) is 19.4. The van der Waals surface area contributed by atoms with Gasteiger partial charge in [-0.25, -0.2) is 9.97 Å². The van der Waals surface area contributed by atoms with Crippen LogP contribution in [0.3, 0.4) is 0 Å². The van der Waals surface area contributed by atoms with E-state index in [1.807, 2.05) is 30.9 Å². The maximum atomic E-state index is 4.90. The summed E-state index contributed by atoms with van der Waals surface area (Å²) < 4.78 is 0. The predicted molar refractivity (Wildman–Crippen MR) is 128 cm³/mol. The molecule has 0 aliphatic rings. The molecule has 0 spiro atoms.